The molecule has 1 aromatic heterocycles. The number of thiophene rings is 1. The summed E-state index contributed by atoms with van der Waals surface area (Å²) in [6.45, 7) is 3.19. The molecule has 0 saturated carbocycles. The molecule has 0 fully saturated rings. The van der Waals surface area contributed by atoms with Crippen molar-refractivity contribution in [1.82, 2.24) is 5.32 Å². The summed E-state index contributed by atoms with van der Waals surface area (Å²) in [5, 5.41) is 3.62. The summed E-state index contributed by atoms with van der Waals surface area (Å²) in [6, 6.07) is 10.7. The number of rotatable bonds is 6. The van der Waals surface area contributed by atoms with Gasteiger partial charge in [-0.15, -0.1) is 11.3 Å². The van der Waals surface area contributed by atoms with Gasteiger partial charge in [0.05, 0.1) is 4.34 Å². The minimum atomic E-state index is 0.288. The lowest BCUT2D eigenvalue weighted by Gasteiger charge is -2.20. The summed E-state index contributed by atoms with van der Waals surface area (Å²) in [7, 11) is 0. The summed E-state index contributed by atoms with van der Waals surface area (Å²) in [5.41, 5.74) is 1.28. The Kier molecular flexibility index (Phi) is 6.56. The molecule has 0 radical (unpaired) electrons. The van der Waals surface area contributed by atoms with Crippen molar-refractivity contribution in [2.45, 2.75) is 25.8 Å². The molecule has 0 aliphatic carbocycles. The van der Waals surface area contributed by atoms with Crippen LogP contribution < -0.4 is 5.32 Å². The molecule has 0 spiro atoms. The molecule has 1 heterocycles. The first-order valence-electron chi connectivity index (χ1n) is 6.52. The highest BCUT2D eigenvalue weighted by atomic mass is 79.9. The van der Waals surface area contributed by atoms with Crippen molar-refractivity contribution in [3.63, 3.8) is 0 Å². The predicted molar refractivity (Wildman–Crippen MR) is 95.9 cm³/mol. The van der Waals surface area contributed by atoms with E-state index in [-0.39, 0.29) is 6.04 Å². The molecule has 0 saturated heterocycles. The van der Waals surface area contributed by atoms with Crippen molar-refractivity contribution in [3.05, 3.63) is 54.1 Å². The van der Waals surface area contributed by atoms with Crippen LogP contribution in [0.3, 0.4) is 0 Å². The molecule has 0 aliphatic heterocycles. The van der Waals surface area contributed by atoms with E-state index in [0.29, 0.717) is 0 Å². The van der Waals surface area contributed by atoms with Crippen LogP contribution in [0.2, 0.25) is 4.34 Å². The van der Waals surface area contributed by atoms with Gasteiger partial charge >= 0.3 is 0 Å². The monoisotopic (exact) mass is 435 g/mol. The second-order valence-electron chi connectivity index (χ2n) is 4.58. The highest BCUT2D eigenvalue weighted by molar-refractivity contribution is 9.11. The van der Waals surface area contributed by atoms with Crippen molar-refractivity contribution in [1.29, 1.82) is 0 Å². The van der Waals surface area contributed by atoms with Gasteiger partial charge in [0.25, 0.3) is 0 Å². The molecule has 108 valence electrons. The third-order valence-corrected chi connectivity index (χ3v) is 5.48. The maximum atomic E-state index is 6.03. The van der Waals surface area contributed by atoms with Gasteiger partial charge in [-0.05, 0) is 48.9 Å². The molecule has 2 aromatic rings. The van der Waals surface area contributed by atoms with Crippen LogP contribution in [0.1, 0.15) is 29.8 Å². The first-order valence-corrected chi connectivity index (χ1v) is 9.30. The van der Waals surface area contributed by atoms with Gasteiger partial charge in [-0.1, -0.05) is 50.4 Å². The Morgan fingerprint density at radius 2 is 2.05 bits per heavy atom. The Hall–Kier alpha value is 0.130. The van der Waals surface area contributed by atoms with Crippen molar-refractivity contribution in [3.8, 4) is 0 Å². The highest BCUT2D eigenvalue weighted by Gasteiger charge is 2.16. The Morgan fingerprint density at radius 1 is 1.25 bits per heavy atom. The lowest BCUT2D eigenvalue weighted by Crippen LogP contribution is -2.24. The second kappa shape index (κ2) is 7.95. The van der Waals surface area contributed by atoms with E-state index < -0.39 is 0 Å². The number of hydrogen-bond acceptors (Lipinski definition) is 2. The zero-order valence-corrected chi connectivity index (χ0v) is 15.9. The highest BCUT2D eigenvalue weighted by Crippen LogP contribution is 2.31. The van der Waals surface area contributed by atoms with Crippen molar-refractivity contribution >= 4 is 54.8 Å². The summed E-state index contributed by atoms with van der Waals surface area (Å²) < 4.78 is 3.09. The topological polar surface area (TPSA) is 12.0 Å². The van der Waals surface area contributed by atoms with Crippen LogP contribution in [-0.4, -0.2) is 6.54 Å². The first kappa shape index (κ1) is 16.5. The van der Waals surface area contributed by atoms with Crippen LogP contribution in [0.4, 0.5) is 0 Å². The van der Waals surface area contributed by atoms with Crippen molar-refractivity contribution in [2.24, 2.45) is 0 Å². The number of benzene rings is 1. The fourth-order valence-electron chi connectivity index (χ4n) is 2.05. The predicted octanol–water partition coefficient (Wildman–Crippen LogP) is 6.21. The number of hydrogen-bond donors (Lipinski definition) is 1. The lowest BCUT2D eigenvalue weighted by atomic mass is 10.0. The molecule has 20 heavy (non-hydrogen) atoms. The average molecular weight is 438 g/mol. The summed E-state index contributed by atoms with van der Waals surface area (Å²) in [4.78, 5) is 1.30. The molecule has 5 heteroatoms. The van der Waals surface area contributed by atoms with E-state index in [4.69, 9.17) is 11.6 Å². The molecule has 0 amide bonds. The fourth-order valence-corrected chi connectivity index (χ4v) is 4.09. The Morgan fingerprint density at radius 3 is 2.70 bits per heavy atom. The van der Waals surface area contributed by atoms with Crippen LogP contribution in [0, 0.1) is 0 Å². The van der Waals surface area contributed by atoms with Crippen molar-refractivity contribution in [2.75, 3.05) is 6.54 Å². The molecule has 2 rings (SSSR count). The van der Waals surface area contributed by atoms with Gasteiger partial charge in [0.1, 0.15) is 0 Å². The fraction of sp³-hybridized carbons (Fsp3) is 0.333. The molecule has 1 N–H and O–H groups in total. The summed E-state index contributed by atoms with van der Waals surface area (Å²) >= 11 is 14.9. The third-order valence-electron chi connectivity index (χ3n) is 3.01. The Labute approximate surface area is 146 Å². The average Bonchev–Trinajstić information content (AvgIpc) is 2.83. The second-order valence-corrected chi connectivity index (χ2v) is 8.15. The van der Waals surface area contributed by atoms with E-state index in [9.17, 15) is 0 Å². The molecule has 1 atom stereocenters. The molecule has 1 unspecified atom stereocenters. The first-order chi connectivity index (χ1) is 9.60. The van der Waals surface area contributed by atoms with Gasteiger partial charge in [0, 0.05) is 26.3 Å². The maximum absolute atomic E-state index is 6.03. The SMILES string of the molecule is CCCNC(Cc1ccc(Cl)s1)c1cc(Br)ccc1Br. The van der Waals surface area contributed by atoms with Gasteiger partial charge in [-0.3, -0.25) is 0 Å². The van der Waals surface area contributed by atoms with Crippen LogP contribution in [0.15, 0.2) is 39.3 Å². The van der Waals surface area contributed by atoms with Crippen LogP contribution in [0.5, 0.6) is 0 Å². The molecule has 0 bridgehead atoms. The zero-order chi connectivity index (χ0) is 14.5. The van der Waals surface area contributed by atoms with Gasteiger partial charge in [0.2, 0.25) is 0 Å². The Bertz CT molecular complexity index is 571. The van der Waals surface area contributed by atoms with Gasteiger partial charge in [0.15, 0.2) is 0 Å². The minimum absolute atomic E-state index is 0.288. The zero-order valence-electron chi connectivity index (χ0n) is 11.1. The summed E-state index contributed by atoms with van der Waals surface area (Å²) in [5.74, 6) is 0. The van der Waals surface area contributed by atoms with E-state index in [0.717, 1.165) is 32.7 Å². The molecule has 0 aliphatic rings. The van der Waals surface area contributed by atoms with E-state index >= 15 is 0 Å². The van der Waals surface area contributed by atoms with Crippen LogP contribution in [0.25, 0.3) is 0 Å². The molecule has 1 nitrogen and oxygen atoms in total. The van der Waals surface area contributed by atoms with Gasteiger partial charge in [-0.2, -0.15) is 0 Å². The Balaban J connectivity index is 2.24. The van der Waals surface area contributed by atoms with Crippen LogP contribution in [-0.2, 0) is 6.42 Å². The smallest absolute Gasteiger partial charge is 0.0931 e. The molecule has 1 aromatic carbocycles. The largest absolute Gasteiger partial charge is 0.310 e. The third kappa shape index (κ3) is 4.57. The normalized spacial score (nSPS) is 12.6. The quantitative estimate of drug-likeness (QED) is 0.566. The van der Waals surface area contributed by atoms with E-state index in [1.807, 2.05) is 12.1 Å². The van der Waals surface area contributed by atoms with E-state index in [2.05, 4.69) is 62.3 Å². The maximum Gasteiger partial charge on any atom is 0.0931 e. The standard InChI is InChI=1S/C15H16Br2ClNS/c1-2-7-19-14(9-11-4-6-15(18)20-11)12-8-10(16)3-5-13(12)17/h3-6,8,14,19H,2,7,9H2,1H3. The molecular formula is C15H16Br2ClNS. The summed E-state index contributed by atoms with van der Waals surface area (Å²) in [6.07, 6.45) is 2.07. The minimum Gasteiger partial charge on any atom is -0.310 e. The van der Waals surface area contributed by atoms with E-state index in [1.54, 1.807) is 11.3 Å². The van der Waals surface area contributed by atoms with Crippen molar-refractivity contribution < 1.29 is 0 Å². The number of halogens is 3. The molecular weight excluding hydrogens is 422 g/mol. The van der Waals surface area contributed by atoms with Crippen LogP contribution >= 0.6 is 54.8 Å². The van der Waals surface area contributed by atoms with Gasteiger partial charge in [-0.25, -0.2) is 0 Å². The number of nitrogens with one attached hydrogen (secondary N) is 1. The van der Waals surface area contributed by atoms with E-state index in [1.165, 1.54) is 10.4 Å². The lowest BCUT2D eigenvalue weighted by molar-refractivity contribution is 0.530. The van der Waals surface area contributed by atoms with Gasteiger partial charge < -0.3 is 5.32 Å².